The highest BCUT2D eigenvalue weighted by molar-refractivity contribution is 5.30. The fraction of sp³-hybridized carbons (Fsp3) is 0.595. The number of aryl methyl sites for hydroxylation is 1. The van der Waals surface area contributed by atoms with Crippen molar-refractivity contribution in [1.29, 1.82) is 0 Å². The quantitative estimate of drug-likeness (QED) is 0.0958. The highest BCUT2D eigenvalue weighted by Gasteiger charge is 2.40. The van der Waals surface area contributed by atoms with Gasteiger partial charge in [-0.2, -0.15) is 0 Å². The van der Waals surface area contributed by atoms with Crippen LogP contribution in [-0.4, -0.2) is 4.57 Å². The minimum absolute atomic E-state index is 0.0185. The van der Waals surface area contributed by atoms with Crippen molar-refractivity contribution in [2.75, 3.05) is 0 Å². The molecule has 0 radical (unpaired) electrons. The molecule has 3 aromatic rings. The highest BCUT2D eigenvalue weighted by atomic mass is 15.1. The van der Waals surface area contributed by atoms with Crippen molar-refractivity contribution < 1.29 is 4.57 Å². The van der Waals surface area contributed by atoms with E-state index in [2.05, 4.69) is 109 Å². The molecule has 3 rings (SSSR count). The molecule has 0 spiro atoms. The van der Waals surface area contributed by atoms with Crippen LogP contribution in [0.25, 0.3) is 0 Å². The first kappa shape index (κ1) is 31.2. The second-order valence-corrected chi connectivity index (χ2v) is 12.2. The third-order valence-electron chi connectivity index (χ3n) is 8.81. The molecular weight excluding hydrogens is 472 g/mol. The Labute approximate surface area is 240 Å². The molecule has 214 valence electrons. The van der Waals surface area contributed by atoms with Gasteiger partial charge in [0, 0.05) is 5.41 Å². The number of benzene rings is 2. The largest absolute Gasteiger partial charge is 0.243 e. The van der Waals surface area contributed by atoms with Crippen molar-refractivity contribution in [1.82, 2.24) is 4.57 Å². The van der Waals surface area contributed by atoms with E-state index in [0.29, 0.717) is 6.04 Å². The van der Waals surface area contributed by atoms with Crippen LogP contribution in [0.15, 0.2) is 79.4 Å². The van der Waals surface area contributed by atoms with Crippen LogP contribution in [0.3, 0.4) is 0 Å². The van der Waals surface area contributed by atoms with Gasteiger partial charge in [-0.25, -0.2) is 9.13 Å². The first-order valence-corrected chi connectivity index (χ1v) is 16.3. The van der Waals surface area contributed by atoms with Gasteiger partial charge in [0.15, 0.2) is 0 Å². The Morgan fingerprint density at radius 1 is 0.667 bits per heavy atom. The fourth-order valence-corrected chi connectivity index (χ4v) is 6.41. The SMILES string of the molecule is CCCCCCCCCCCCCCCCCC(n1cc[n+](C)c1)C(C)(Cc1ccccc1)c1ccccc1. The molecule has 2 atom stereocenters. The average Bonchev–Trinajstić information content (AvgIpc) is 3.39. The van der Waals surface area contributed by atoms with Crippen molar-refractivity contribution >= 4 is 0 Å². The summed E-state index contributed by atoms with van der Waals surface area (Å²) in [5.41, 5.74) is 2.88. The molecule has 1 aromatic heterocycles. The first-order chi connectivity index (χ1) is 19.1. The van der Waals surface area contributed by atoms with Gasteiger partial charge in [-0.05, 0) is 30.4 Å². The van der Waals surface area contributed by atoms with E-state index in [4.69, 9.17) is 0 Å². The summed E-state index contributed by atoms with van der Waals surface area (Å²) >= 11 is 0. The Morgan fingerprint density at radius 3 is 1.64 bits per heavy atom. The number of aromatic nitrogens is 2. The smallest absolute Gasteiger partial charge is 0.240 e. The number of nitrogens with zero attached hydrogens (tertiary/aromatic N) is 2. The van der Waals surface area contributed by atoms with Crippen LogP contribution >= 0.6 is 0 Å². The summed E-state index contributed by atoms with van der Waals surface area (Å²) in [5, 5.41) is 0. The monoisotopic (exact) mass is 529 g/mol. The van der Waals surface area contributed by atoms with Crippen molar-refractivity contribution in [2.24, 2.45) is 7.05 Å². The summed E-state index contributed by atoms with van der Waals surface area (Å²) in [6, 6.07) is 22.7. The predicted molar refractivity (Wildman–Crippen MR) is 168 cm³/mol. The summed E-state index contributed by atoms with van der Waals surface area (Å²) < 4.78 is 4.67. The van der Waals surface area contributed by atoms with E-state index in [9.17, 15) is 0 Å². The topological polar surface area (TPSA) is 8.81 Å². The number of rotatable bonds is 21. The number of hydrogen-bond donors (Lipinski definition) is 0. The third kappa shape index (κ3) is 11.0. The lowest BCUT2D eigenvalue weighted by Crippen LogP contribution is -2.37. The maximum atomic E-state index is 2.49. The number of imidazole rings is 1. The minimum Gasteiger partial charge on any atom is -0.240 e. The lowest BCUT2D eigenvalue weighted by atomic mass is 9.70. The van der Waals surface area contributed by atoms with Crippen molar-refractivity contribution in [3.8, 4) is 0 Å². The molecule has 2 aromatic carbocycles. The van der Waals surface area contributed by atoms with E-state index in [-0.39, 0.29) is 5.41 Å². The van der Waals surface area contributed by atoms with Gasteiger partial charge in [-0.1, -0.05) is 164 Å². The summed E-state index contributed by atoms with van der Waals surface area (Å²) in [6.45, 7) is 4.79. The first-order valence-electron chi connectivity index (χ1n) is 16.3. The van der Waals surface area contributed by atoms with Crippen molar-refractivity contribution in [3.05, 3.63) is 90.5 Å². The van der Waals surface area contributed by atoms with Gasteiger partial charge in [-0.3, -0.25) is 0 Å². The molecule has 0 amide bonds. The van der Waals surface area contributed by atoms with Gasteiger partial charge in [0.05, 0.1) is 7.05 Å². The van der Waals surface area contributed by atoms with E-state index in [0.717, 1.165) is 6.42 Å². The molecule has 0 N–H and O–H groups in total. The van der Waals surface area contributed by atoms with Crippen LogP contribution in [0.1, 0.15) is 134 Å². The number of hydrogen-bond acceptors (Lipinski definition) is 0. The van der Waals surface area contributed by atoms with Gasteiger partial charge in [-0.15, -0.1) is 0 Å². The highest BCUT2D eigenvalue weighted by Crippen LogP contribution is 2.41. The Balaban J connectivity index is 1.47. The molecule has 0 saturated heterocycles. The maximum Gasteiger partial charge on any atom is 0.243 e. The van der Waals surface area contributed by atoms with Crippen LogP contribution < -0.4 is 4.57 Å². The average molecular weight is 530 g/mol. The molecule has 39 heavy (non-hydrogen) atoms. The second kappa shape index (κ2) is 18.1. The summed E-state index contributed by atoms with van der Waals surface area (Å²) in [7, 11) is 2.14. The van der Waals surface area contributed by atoms with E-state index < -0.39 is 0 Å². The molecule has 0 aliphatic carbocycles. The van der Waals surface area contributed by atoms with Crippen molar-refractivity contribution in [3.63, 3.8) is 0 Å². The maximum absolute atomic E-state index is 2.49. The molecule has 2 nitrogen and oxygen atoms in total. The summed E-state index contributed by atoms with van der Waals surface area (Å²) in [5.74, 6) is 0. The van der Waals surface area contributed by atoms with E-state index in [1.54, 1.807) is 0 Å². The fourth-order valence-electron chi connectivity index (χ4n) is 6.41. The zero-order valence-electron chi connectivity index (χ0n) is 25.5. The molecule has 0 aliphatic rings. The molecule has 0 saturated carbocycles. The molecule has 0 bridgehead atoms. The lowest BCUT2D eigenvalue weighted by molar-refractivity contribution is -0.671. The number of unbranched alkanes of at least 4 members (excludes halogenated alkanes) is 14. The van der Waals surface area contributed by atoms with Gasteiger partial charge in [0.2, 0.25) is 6.33 Å². The Kier molecular flexibility index (Phi) is 14.5. The van der Waals surface area contributed by atoms with E-state index in [1.807, 2.05) is 0 Å². The zero-order valence-corrected chi connectivity index (χ0v) is 25.5. The van der Waals surface area contributed by atoms with Crippen LogP contribution in [0.5, 0.6) is 0 Å². The predicted octanol–water partition coefficient (Wildman–Crippen LogP) is 10.3. The molecule has 1 heterocycles. The molecule has 2 heteroatoms. The van der Waals surface area contributed by atoms with Gasteiger partial charge in [0.25, 0.3) is 0 Å². The van der Waals surface area contributed by atoms with Crippen LogP contribution in [0, 0.1) is 0 Å². The normalized spacial score (nSPS) is 13.8. The summed E-state index contributed by atoms with van der Waals surface area (Å²) in [4.78, 5) is 0. The molecular formula is C37H57N2+. The van der Waals surface area contributed by atoms with E-state index >= 15 is 0 Å². The molecule has 0 aliphatic heterocycles. The minimum atomic E-state index is 0.0185. The van der Waals surface area contributed by atoms with Crippen molar-refractivity contribution in [2.45, 2.75) is 134 Å². The Hall–Kier alpha value is -2.35. The van der Waals surface area contributed by atoms with Gasteiger partial charge >= 0.3 is 0 Å². The Bertz CT molecular complexity index is 993. The Morgan fingerprint density at radius 2 is 1.15 bits per heavy atom. The van der Waals surface area contributed by atoms with Crippen LogP contribution in [0.4, 0.5) is 0 Å². The van der Waals surface area contributed by atoms with Crippen LogP contribution in [-0.2, 0) is 18.9 Å². The summed E-state index contributed by atoms with van der Waals surface area (Å²) in [6.07, 6.45) is 30.2. The van der Waals surface area contributed by atoms with Gasteiger partial charge < -0.3 is 0 Å². The van der Waals surface area contributed by atoms with E-state index in [1.165, 1.54) is 114 Å². The standard InChI is InChI=1S/C37H57N2/c1-4-5-6-7-8-9-10-11-12-13-14-15-16-17-24-29-36(39-31-30-38(3)33-39)37(2,35-27-22-19-23-28-35)32-34-25-20-18-21-26-34/h18-23,25-28,30-31,33,36H,4-17,24,29,32H2,1-3H3/q+1. The van der Waals surface area contributed by atoms with Gasteiger partial charge in [0.1, 0.15) is 18.4 Å². The molecule has 0 fully saturated rings. The molecule has 2 unspecified atom stereocenters. The van der Waals surface area contributed by atoms with Crippen LogP contribution in [0.2, 0.25) is 0 Å². The third-order valence-corrected chi connectivity index (χ3v) is 8.81. The second-order valence-electron chi connectivity index (χ2n) is 12.2. The lowest BCUT2D eigenvalue weighted by Gasteiger charge is -2.37. The zero-order chi connectivity index (χ0) is 27.6.